The van der Waals surface area contributed by atoms with Crippen LogP contribution in [0.25, 0.3) is 22.3 Å². The molecule has 0 amide bonds. The Balaban J connectivity index is 0.000000420. The van der Waals surface area contributed by atoms with Gasteiger partial charge in [0, 0.05) is 11.1 Å². The van der Waals surface area contributed by atoms with Crippen LogP contribution in [-0.2, 0) is 119 Å². The Bertz CT molecular complexity index is 3790. The van der Waals surface area contributed by atoms with E-state index in [2.05, 4.69) is 48.5 Å². The molecule has 3 unspecified atom stereocenters. The zero-order chi connectivity index (χ0) is 103. The summed E-state index contributed by atoms with van der Waals surface area (Å²) in [5.41, 5.74) is 5.40. The highest BCUT2D eigenvalue weighted by atomic mass is 16.7. The average Bonchev–Trinajstić information content (AvgIpc) is 0.801. The van der Waals surface area contributed by atoms with Crippen LogP contribution in [0, 0.1) is 65.1 Å². The van der Waals surface area contributed by atoms with Crippen LogP contribution >= 0.6 is 0 Å². The summed E-state index contributed by atoms with van der Waals surface area (Å²) in [6.45, 7) is 42.2. The lowest BCUT2D eigenvalue weighted by molar-refractivity contribution is -0.171. The van der Waals surface area contributed by atoms with Crippen LogP contribution in [0.1, 0.15) is 337 Å². The molecule has 0 spiro atoms. The summed E-state index contributed by atoms with van der Waals surface area (Å²) in [5, 5.41) is 0. The Kier molecular flexibility index (Phi) is 68.9. The highest BCUT2D eigenvalue weighted by Crippen LogP contribution is 2.43. The smallest absolute Gasteiger partial charge is 0.310 e. The molecule has 3 atom stereocenters. The number of ether oxygens (including phenoxy) is 19. The zero-order valence-corrected chi connectivity index (χ0v) is 89.5. The van der Waals surface area contributed by atoms with Gasteiger partial charge in [-0.15, -0.1) is 0 Å². The van der Waals surface area contributed by atoms with Gasteiger partial charge in [0.2, 0.25) is 0 Å². The van der Waals surface area contributed by atoms with Crippen molar-refractivity contribution in [3.05, 3.63) is 109 Å². The maximum absolute atomic E-state index is 11.5. The highest BCUT2D eigenvalue weighted by molar-refractivity contribution is 5.82. The number of hydrogen-bond donors (Lipinski definition) is 0. The minimum atomic E-state index is -0.272. The number of carbonyl (C=O) groups excluding carboxylic acids is 8. The van der Waals surface area contributed by atoms with Gasteiger partial charge < -0.3 is 90.0 Å². The summed E-state index contributed by atoms with van der Waals surface area (Å²) in [4.78, 5) is 89.0. The molecular weight excluding hydrogens is 1790 g/mol. The third kappa shape index (κ3) is 61.1. The molecule has 0 radical (unpaired) electrons. The Morgan fingerprint density at radius 1 is 0.293 bits per heavy atom. The van der Waals surface area contributed by atoms with E-state index in [1.807, 2.05) is 131 Å². The summed E-state index contributed by atoms with van der Waals surface area (Å²) in [5.74, 6) is 2.55. The van der Waals surface area contributed by atoms with Gasteiger partial charge in [-0.3, -0.25) is 38.4 Å². The van der Waals surface area contributed by atoms with E-state index in [0.717, 1.165) is 89.7 Å². The molecule has 6 aliphatic rings. The minimum absolute atomic E-state index is 0.0129. The molecule has 0 N–H and O–H groups in total. The minimum Gasteiger partial charge on any atom is -0.491 e. The molecule has 0 heterocycles. The SMILES string of the molecule is CC(C)C(=O)OCOC(C)(C)C.CC(C)C(=O)OCOC1CCC2CCCCC2C1.CC(C)C(=O)OCOC1CCCCC1.CC(C)C(=O)OCOCCC1CCCCC1.CC(C)C(=O)OCOCCOC1CCCCC1.CC(C)C(=O)OCOCCOc1c(-c2ccccc2)cccc1-c1ccccc1.CC(C)C(=O)OCOCCOc1ccc(C2CCCCC2)cc1.CC(C)OCOC(=O)C(C)C. The summed E-state index contributed by atoms with van der Waals surface area (Å²) in [6, 6.07) is 34.9. The maximum Gasteiger partial charge on any atom is 0.310 e. The first-order chi connectivity index (χ1) is 67.0. The molecule has 27 heteroatoms. The molecule has 4 aromatic rings. The molecule has 796 valence electrons. The predicted octanol–water partition coefficient (Wildman–Crippen LogP) is 25.0. The standard InChI is InChI=1S/C25H26O4.C19H28O4.C15H26O3.C13H24O4.C13H24O3.C11H20O3.C9H18O3.C8H16O3/c1-19(2)25(26)29-18-27-16-17-28-24-22(20-10-5-3-6-11-20)14-9-15-23(24)21-12-7-4-8-13-21;1-15(2)19(20)23-14-21-12-13-22-18-10-8-17(9-11-18)16-6-4-3-5-7-16;1-11(2)15(16)18-10-17-14-8-7-12-5-3-4-6-13(12)9-14;1-11(2)13(14)17-10-15-8-9-16-12-6-4-3-5-7-12;1-11(2)13(14)16-10-15-9-8-12-6-4-3-5-7-12;1-9(2)11(12)14-8-13-10-6-4-3-5-7-10;1-7(2)8(10)11-6-12-9(3,4)5;1-6(2)8(9)11-5-10-7(3)4/h3-15,19H,16-18H2,1-2H3;8-11,15-16H,3-7,12-14H2,1-2H3;11-14H,3-10H2,1-2H3;11-12H,3-10H2,1-2H3;11-12H,3-10H2,1-2H3;9-10H,3-8H2,1-2H3;7H,6H2,1-5H3;6-7H,5H2,1-4H3. The van der Waals surface area contributed by atoms with Crippen molar-refractivity contribution in [2.24, 2.45) is 65.1 Å². The van der Waals surface area contributed by atoms with Crippen molar-refractivity contribution in [1.82, 2.24) is 0 Å². The number of benzene rings is 4. The van der Waals surface area contributed by atoms with Crippen molar-refractivity contribution in [2.75, 3.05) is 101 Å². The first-order valence-electron chi connectivity index (χ1n) is 52.3. The lowest BCUT2D eigenvalue weighted by atomic mass is 9.70. The van der Waals surface area contributed by atoms with E-state index in [-0.39, 0.29) is 161 Å². The van der Waals surface area contributed by atoms with Gasteiger partial charge in [0.1, 0.15) is 24.7 Å². The molecular formula is C113H182O27. The Morgan fingerprint density at radius 3 is 1.04 bits per heavy atom. The fraction of sp³-hybridized carbons (Fsp3) is 0.717. The molecule has 140 heavy (non-hydrogen) atoms. The van der Waals surface area contributed by atoms with Gasteiger partial charge in [-0.05, 0) is 151 Å². The molecule has 6 aliphatic carbocycles. The lowest BCUT2D eigenvalue weighted by Gasteiger charge is -2.39. The van der Waals surface area contributed by atoms with Gasteiger partial charge in [0.05, 0.1) is 110 Å². The van der Waals surface area contributed by atoms with Gasteiger partial charge in [-0.1, -0.05) is 317 Å². The van der Waals surface area contributed by atoms with E-state index in [0.29, 0.717) is 58.0 Å². The highest BCUT2D eigenvalue weighted by Gasteiger charge is 2.33. The summed E-state index contributed by atoms with van der Waals surface area (Å²) in [7, 11) is 0. The third-order valence-electron chi connectivity index (χ3n) is 23.9. The van der Waals surface area contributed by atoms with E-state index >= 15 is 0 Å². The number of fused-ring (bicyclic) bond motifs is 1. The number of para-hydroxylation sites is 1. The van der Waals surface area contributed by atoms with Crippen molar-refractivity contribution in [3.63, 3.8) is 0 Å². The monoisotopic (exact) mass is 1970 g/mol. The Morgan fingerprint density at radius 2 is 0.636 bits per heavy atom. The van der Waals surface area contributed by atoms with E-state index in [1.54, 1.807) is 69.2 Å². The lowest BCUT2D eigenvalue weighted by Crippen LogP contribution is -2.32. The normalized spacial score (nSPS) is 16.7. The van der Waals surface area contributed by atoms with Crippen LogP contribution in [0.3, 0.4) is 0 Å². The first kappa shape index (κ1) is 126. The van der Waals surface area contributed by atoms with Crippen molar-refractivity contribution in [2.45, 2.75) is 361 Å². The van der Waals surface area contributed by atoms with Gasteiger partial charge in [-0.25, -0.2) is 0 Å². The van der Waals surface area contributed by atoms with Crippen molar-refractivity contribution >= 4 is 47.8 Å². The van der Waals surface area contributed by atoms with Crippen LogP contribution in [0.15, 0.2) is 103 Å². The molecule has 10 rings (SSSR count). The second-order valence-electron chi connectivity index (χ2n) is 40.3. The van der Waals surface area contributed by atoms with Crippen LogP contribution in [0.5, 0.6) is 11.5 Å². The van der Waals surface area contributed by atoms with E-state index < -0.39 is 0 Å². The van der Waals surface area contributed by atoms with Crippen LogP contribution in [0.2, 0.25) is 0 Å². The maximum atomic E-state index is 11.5. The van der Waals surface area contributed by atoms with Gasteiger partial charge in [-0.2, -0.15) is 0 Å². The van der Waals surface area contributed by atoms with Crippen molar-refractivity contribution in [3.8, 4) is 33.8 Å². The van der Waals surface area contributed by atoms with Crippen LogP contribution in [0.4, 0.5) is 0 Å². The number of carbonyl (C=O) groups is 8. The summed E-state index contributed by atoms with van der Waals surface area (Å²) >= 11 is 0. The second kappa shape index (κ2) is 76.5. The van der Waals surface area contributed by atoms with E-state index in [4.69, 9.17) is 90.0 Å². The fourth-order valence-corrected chi connectivity index (χ4v) is 15.4. The van der Waals surface area contributed by atoms with E-state index in [9.17, 15) is 38.4 Å². The molecule has 6 saturated carbocycles. The molecule has 0 bridgehead atoms. The molecule has 0 aliphatic heterocycles. The molecule has 0 saturated heterocycles. The molecule has 27 nitrogen and oxygen atoms in total. The Labute approximate surface area is 841 Å². The number of hydrogen-bond acceptors (Lipinski definition) is 27. The van der Waals surface area contributed by atoms with E-state index in [1.165, 1.54) is 160 Å². The van der Waals surface area contributed by atoms with Crippen molar-refractivity contribution < 1.29 is 128 Å². The summed E-state index contributed by atoms with van der Waals surface area (Å²) in [6.07, 6.45) is 37.2. The summed E-state index contributed by atoms with van der Waals surface area (Å²) < 4.78 is 99.3. The molecule has 6 fully saturated rings. The topological polar surface area (TPSA) is 312 Å². The number of esters is 8. The van der Waals surface area contributed by atoms with Gasteiger partial charge in [0.25, 0.3) is 0 Å². The molecule has 4 aromatic carbocycles. The second-order valence-corrected chi connectivity index (χ2v) is 40.3. The van der Waals surface area contributed by atoms with Gasteiger partial charge >= 0.3 is 47.8 Å². The quantitative estimate of drug-likeness (QED) is 0.0172. The van der Waals surface area contributed by atoms with Crippen LogP contribution < -0.4 is 9.47 Å². The Hall–Kier alpha value is -8.12. The van der Waals surface area contributed by atoms with Crippen molar-refractivity contribution in [1.29, 1.82) is 0 Å². The third-order valence-corrected chi connectivity index (χ3v) is 23.9. The number of rotatable bonds is 45. The molecule has 0 aromatic heterocycles. The van der Waals surface area contributed by atoms with Gasteiger partial charge in [0.15, 0.2) is 54.3 Å². The average molecular weight is 1970 g/mol. The zero-order valence-electron chi connectivity index (χ0n) is 89.5. The fourth-order valence-electron chi connectivity index (χ4n) is 15.4. The largest absolute Gasteiger partial charge is 0.491 e. The van der Waals surface area contributed by atoms with Crippen LogP contribution in [-0.4, -0.2) is 178 Å². The first-order valence-corrected chi connectivity index (χ1v) is 52.3. The predicted molar refractivity (Wildman–Crippen MR) is 544 cm³/mol.